The highest BCUT2D eigenvalue weighted by molar-refractivity contribution is 7.84. The number of hydrogen-bond acceptors (Lipinski definition) is 3. The van der Waals surface area contributed by atoms with Crippen LogP contribution in [0, 0.1) is 5.92 Å². The lowest BCUT2D eigenvalue weighted by molar-refractivity contribution is -0.132. The second-order valence-corrected chi connectivity index (χ2v) is 7.49. The average Bonchev–Trinajstić information content (AvgIpc) is 2.61. The van der Waals surface area contributed by atoms with Gasteiger partial charge in [-0.3, -0.25) is 14.3 Å². The van der Waals surface area contributed by atoms with Crippen LogP contribution in [0.5, 0.6) is 0 Å². The molecule has 19 heavy (non-hydrogen) atoms. The van der Waals surface area contributed by atoms with E-state index in [4.69, 9.17) is 0 Å². The van der Waals surface area contributed by atoms with Crippen LogP contribution in [-0.4, -0.2) is 45.3 Å². The zero-order valence-corrected chi connectivity index (χ0v) is 13.6. The summed E-state index contributed by atoms with van der Waals surface area (Å²) in [4.78, 5) is 14.4. The Morgan fingerprint density at radius 1 is 1.37 bits per heavy atom. The van der Waals surface area contributed by atoms with Gasteiger partial charge in [0.25, 0.3) is 0 Å². The Kier molecular flexibility index (Phi) is 6.47. The van der Waals surface area contributed by atoms with Crippen LogP contribution < -0.4 is 5.32 Å². The number of rotatable bonds is 7. The minimum absolute atomic E-state index is 0.0432. The first-order valence-corrected chi connectivity index (χ1v) is 8.97. The lowest BCUT2D eigenvalue weighted by atomic mass is 10.1. The largest absolute Gasteiger partial charge is 0.323 e. The fourth-order valence-corrected chi connectivity index (χ4v) is 3.31. The first kappa shape index (κ1) is 16.6. The fourth-order valence-electron chi connectivity index (χ4n) is 2.64. The van der Waals surface area contributed by atoms with E-state index in [9.17, 15) is 9.00 Å². The molecular weight excluding hydrogens is 260 g/mol. The van der Waals surface area contributed by atoms with E-state index in [1.807, 2.05) is 11.8 Å². The summed E-state index contributed by atoms with van der Waals surface area (Å²) in [5.41, 5.74) is 0. The summed E-state index contributed by atoms with van der Waals surface area (Å²) in [5.74, 6) is 1.43. The van der Waals surface area contributed by atoms with Crippen LogP contribution in [0.15, 0.2) is 0 Å². The smallest absolute Gasteiger partial charge is 0.241 e. The normalized spacial score (nSPS) is 27.1. The molecule has 0 aliphatic carbocycles. The SMILES string of the molecule is CCC1NC(CC(C)C)N(C(C)CCS(C)=O)C1=O. The summed E-state index contributed by atoms with van der Waals surface area (Å²) in [5, 5.41) is 3.44. The van der Waals surface area contributed by atoms with Gasteiger partial charge < -0.3 is 4.90 Å². The summed E-state index contributed by atoms with van der Waals surface area (Å²) in [6.07, 6.45) is 4.47. The van der Waals surface area contributed by atoms with Gasteiger partial charge in [-0.2, -0.15) is 0 Å². The van der Waals surface area contributed by atoms with Gasteiger partial charge in [0.05, 0.1) is 12.2 Å². The maximum absolute atomic E-state index is 12.4. The van der Waals surface area contributed by atoms with Gasteiger partial charge in [-0.25, -0.2) is 0 Å². The standard InChI is InChI=1S/C14H28N2O2S/c1-6-12-14(17)16(11(4)7-8-19(5)18)13(15-12)9-10(2)3/h10-13,15H,6-9H2,1-5H3. The number of carbonyl (C=O) groups is 1. The Labute approximate surface area is 119 Å². The molecule has 1 heterocycles. The molecule has 0 saturated carbocycles. The molecule has 4 nitrogen and oxygen atoms in total. The Balaban J connectivity index is 2.73. The van der Waals surface area contributed by atoms with E-state index in [0.29, 0.717) is 11.7 Å². The molecule has 1 aliphatic heterocycles. The van der Waals surface area contributed by atoms with Crippen LogP contribution in [-0.2, 0) is 15.6 Å². The van der Waals surface area contributed by atoms with Crippen molar-refractivity contribution < 1.29 is 9.00 Å². The maximum atomic E-state index is 12.4. The van der Waals surface area contributed by atoms with E-state index in [1.54, 1.807) is 6.26 Å². The third-order valence-corrected chi connectivity index (χ3v) is 4.49. The van der Waals surface area contributed by atoms with Crippen molar-refractivity contribution in [3.63, 3.8) is 0 Å². The van der Waals surface area contributed by atoms with Crippen LogP contribution in [0.3, 0.4) is 0 Å². The molecule has 0 aromatic heterocycles. The number of nitrogens with zero attached hydrogens (tertiary/aromatic N) is 1. The Morgan fingerprint density at radius 2 is 2.00 bits per heavy atom. The molecule has 1 aliphatic rings. The van der Waals surface area contributed by atoms with Crippen LogP contribution in [0.4, 0.5) is 0 Å². The monoisotopic (exact) mass is 288 g/mol. The highest BCUT2D eigenvalue weighted by Crippen LogP contribution is 2.23. The molecule has 1 rings (SSSR count). The van der Waals surface area contributed by atoms with E-state index in [1.165, 1.54) is 0 Å². The van der Waals surface area contributed by atoms with E-state index < -0.39 is 10.8 Å². The Bertz CT molecular complexity index is 333. The van der Waals surface area contributed by atoms with Gasteiger partial charge in [0.15, 0.2) is 0 Å². The number of hydrogen-bond donors (Lipinski definition) is 1. The van der Waals surface area contributed by atoms with Crippen molar-refractivity contribution in [2.45, 2.75) is 65.2 Å². The third kappa shape index (κ3) is 4.56. The van der Waals surface area contributed by atoms with Crippen LogP contribution in [0.2, 0.25) is 0 Å². The van der Waals surface area contributed by atoms with Crippen molar-refractivity contribution in [2.24, 2.45) is 5.92 Å². The summed E-state index contributed by atoms with van der Waals surface area (Å²) in [7, 11) is -0.788. The second kappa shape index (κ2) is 7.39. The summed E-state index contributed by atoms with van der Waals surface area (Å²) in [6, 6.07) is 0.113. The van der Waals surface area contributed by atoms with Crippen molar-refractivity contribution in [2.75, 3.05) is 12.0 Å². The van der Waals surface area contributed by atoms with Gasteiger partial charge in [0.2, 0.25) is 5.91 Å². The molecule has 0 aromatic rings. The molecule has 1 N–H and O–H groups in total. The number of carbonyl (C=O) groups excluding carboxylic acids is 1. The van der Waals surface area contributed by atoms with Gasteiger partial charge >= 0.3 is 0 Å². The molecule has 0 radical (unpaired) electrons. The van der Waals surface area contributed by atoms with Gasteiger partial charge in [0.1, 0.15) is 0 Å². The summed E-state index contributed by atoms with van der Waals surface area (Å²) < 4.78 is 11.2. The minimum atomic E-state index is -0.788. The fraction of sp³-hybridized carbons (Fsp3) is 0.929. The van der Waals surface area contributed by atoms with E-state index in [-0.39, 0.29) is 24.2 Å². The maximum Gasteiger partial charge on any atom is 0.241 e. The predicted octanol–water partition coefficient (Wildman–Crippen LogP) is 1.73. The quantitative estimate of drug-likeness (QED) is 0.776. The van der Waals surface area contributed by atoms with Gasteiger partial charge in [-0.1, -0.05) is 20.8 Å². The number of amides is 1. The van der Waals surface area contributed by atoms with Crippen molar-refractivity contribution in [1.29, 1.82) is 0 Å². The molecule has 0 spiro atoms. The third-order valence-electron chi connectivity index (χ3n) is 3.68. The molecule has 5 heteroatoms. The summed E-state index contributed by atoms with van der Waals surface area (Å²) in [6.45, 7) is 8.46. The zero-order chi connectivity index (χ0) is 14.6. The highest BCUT2D eigenvalue weighted by atomic mass is 32.2. The summed E-state index contributed by atoms with van der Waals surface area (Å²) >= 11 is 0. The van der Waals surface area contributed by atoms with Crippen LogP contribution in [0.1, 0.15) is 47.0 Å². The lowest BCUT2D eigenvalue weighted by Crippen LogP contribution is -2.44. The van der Waals surface area contributed by atoms with Crippen molar-refractivity contribution in [1.82, 2.24) is 10.2 Å². The molecule has 4 atom stereocenters. The predicted molar refractivity (Wildman–Crippen MR) is 80.3 cm³/mol. The molecular formula is C14H28N2O2S. The topological polar surface area (TPSA) is 49.4 Å². The minimum Gasteiger partial charge on any atom is -0.323 e. The second-order valence-electron chi connectivity index (χ2n) is 5.93. The molecule has 4 unspecified atom stereocenters. The average molecular weight is 288 g/mol. The van der Waals surface area contributed by atoms with Crippen molar-refractivity contribution in [3.05, 3.63) is 0 Å². The van der Waals surface area contributed by atoms with Gasteiger partial charge in [0, 0.05) is 28.9 Å². The highest BCUT2D eigenvalue weighted by Gasteiger charge is 2.40. The number of nitrogens with one attached hydrogen (secondary N) is 1. The zero-order valence-electron chi connectivity index (χ0n) is 12.8. The first-order chi connectivity index (χ1) is 8.86. The Morgan fingerprint density at radius 3 is 2.47 bits per heavy atom. The molecule has 1 amide bonds. The molecule has 112 valence electrons. The van der Waals surface area contributed by atoms with Crippen LogP contribution in [0.25, 0.3) is 0 Å². The lowest BCUT2D eigenvalue weighted by Gasteiger charge is -2.31. The van der Waals surface area contributed by atoms with E-state index >= 15 is 0 Å². The molecule has 1 fully saturated rings. The molecule has 1 saturated heterocycles. The first-order valence-electron chi connectivity index (χ1n) is 7.25. The van der Waals surface area contributed by atoms with Gasteiger partial charge in [-0.15, -0.1) is 0 Å². The van der Waals surface area contributed by atoms with Crippen molar-refractivity contribution >= 4 is 16.7 Å². The van der Waals surface area contributed by atoms with E-state index in [2.05, 4.69) is 26.1 Å². The van der Waals surface area contributed by atoms with Gasteiger partial charge in [-0.05, 0) is 32.1 Å². The molecule has 0 bridgehead atoms. The van der Waals surface area contributed by atoms with Crippen LogP contribution >= 0.6 is 0 Å². The van der Waals surface area contributed by atoms with Crippen molar-refractivity contribution in [3.8, 4) is 0 Å². The van der Waals surface area contributed by atoms with E-state index in [0.717, 1.165) is 19.3 Å². The molecule has 0 aromatic carbocycles. The Hall–Kier alpha value is -0.420.